The molecule has 2 rings (SSSR count). The molecule has 0 aliphatic rings. The van der Waals surface area contributed by atoms with Crippen LogP contribution in [0.25, 0.3) is 0 Å². The van der Waals surface area contributed by atoms with Crippen LogP contribution in [0.15, 0.2) is 36.4 Å². The first-order chi connectivity index (χ1) is 9.43. The molecule has 2 atom stereocenters. The van der Waals surface area contributed by atoms with E-state index >= 15 is 0 Å². The van der Waals surface area contributed by atoms with Gasteiger partial charge < -0.3 is 11.5 Å². The van der Waals surface area contributed by atoms with E-state index in [0.717, 1.165) is 0 Å². The van der Waals surface area contributed by atoms with Gasteiger partial charge in [-0.2, -0.15) is 0 Å². The molecule has 2 nitrogen and oxygen atoms in total. The van der Waals surface area contributed by atoms with Gasteiger partial charge in [0.15, 0.2) is 0 Å². The van der Waals surface area contributed by atoms with Crippen LogP contribution in [0.5, 0.6) is 0 Å². The molecule has 2 aromatic carbocycles. The first-order valence-corrected chi connectivity index (χ1v) is 6.58. The zero-order chi connectivity index (χ0) is 14.9. The number of nitrogens with two attached hydrogens (primary N) is 2. The quantitative estimate of drug-likeness (QED) is 0.900. The van der Waals surface area contributed by atoms with E-state index in [1.807, 2.05) is 0 Å². The summed E-state index contributed by atoms with van der Waals surface area (Å²) in [6.07, 6.45) is 0. The fourth-order valence-electron chi connectivity index (χ4n) is 1.94. The molecule has 0 aliphatic carbocycles. The molecule has 0 spiro atoms. The first-order valence-electron chi connectivity index (χ1n) is 5.82. The predicted molar refractivity (Wildman–Crippen MR) is 76.7 cm³/mol. The molecule has 0 aliphatic heterocycles. The van der Waals surface area contributed by atoms with Crippen molar-refractivity contribution in [1.29, 1.82) is 0 Å². The lowest BCUT2D eigenvalue weighted by atomic mass is 9.94. The summed E-state index contributed by atoms with van der Waals surface area (Å²) in [5, 5.41) is -0.189. The minimum Gasteiger partial charge on any atom is -0.322 e. The molecule has 4 N–H and O–H groups in total. The average Bonchev–Trinajstić information content (AvgIpc) is 2.43. The van der Waals surface area contributed by atoms with Crippen LogP contribution >= 0.6 is 23.2 Å². The summed E-state index contributed by atoms with van der Waals surface area (Å²) in [4.78, 5) is 0. The Morgan fingerprint density at radius 2 is 1.10 bits per heavy atom. The van der Waals surface area contributed by atoms with Crippen molar-refractivity contribution in [2.75, 3.05) is 0 Å². The van der Waals surface area contributed by atoms with E-state index in [1.165, 1.54) is 24.3 Å². The summed E-state index contributed by atoms with van der Waals surface area (Å²) in [5.74, 6) is -1.17. The normalized spacial score (nSPS) is 14.1. The molecule has 0 saturated carbocycles. The summed E-state index contributed by atoms with van der Waals surface area (Å²) in [6.45, 7) is 0. The zero-order valence-electron chi connectivity index (χ0n) is 10.3. The van der Waals surface area contributed by atoms with E-state index < -0.39 is 23.7 Å². The lowest BCUT2D eigenvalue weighted by Gasteiger charge is -2.22. The SMILES string of the molecule is NC(c1cccc(F)c1Cl)C(N)c1cccc(F)c1Cl. The Morgan fingerprint density at radius 1 is 0.750 bits per heavy atom. The first kappa shape index (κ1) is 15.2. The Labute approximate surface area is 125 Å². The van der Waals surface area contributed by atoms with Gasteiger partial charge in [0.05, 0.1) is 22.1 Å². The van der Waals surface area contributed by atoms with Crippen LogP contribution in [-0.2, 0) is 0 Å². The molecule has 0 aromatic heterocycles. The van der Waals surface area contributed by atoms with Gasteiger partial charge >= 0.3 is 0 Å². The maximum Gasteiger partial charge on any atom is 0.142 e. The van der Waals surface area contributed by atoms with E-state index in [1.54, 1.807) is 12.1 Å². The second-order valence-corrected chi connectivity index (χ2v) is 5.09. The highest BCUT2D eigenvalue weighted by atomic mass is 35.5. The maximum atomic E-state index is 13.4. The molecule has 6 heteroatoms. The van der Waals surface area contributed by atoms with Gasteiger partial charge in [-0.25, -0.2) is 8.78 Å². The van der Waals surface area contributed by atoms with Gasteiger partial charge in [0.2, 0.25) is 0 Å². The van der Waals surface area contributed by atoms with E-state index in [9.17, 15) is 8.78 Å². The Balaban J connectivity index is 2.40. The van der Waals surface area contributed by atoms with Crippen LogP contribution < -0.4 is 11.5 Å². The minimum absolute atomic E-state index is 0.0945. The Morgan fingerprint density at radius 3 is 1.45 bits per heavy atom. The van der Waals surface area contributed by atoms with Crippen molar-refractivity contribution in [3.8, 4) is 0 Å². The van der Waals surface area contributed by atoms with E-state index in [-0.39, 0.29) is 10.0 Å². The molecular weight excluding hydrogens is 305 g/mol. The van der Waals surface area contributed by atoms with Gasteiger partial charge in [-0.1, -0.05) is 47.5 Å². The smallest absolute Gasteiger partial charge is 0.142 e. The van der Waals surface area contributed by atoms with Crippen molar-refractivity contribution in [2.24, 2.45) is 11.5 Å². The third kappa shape index (κ3) is 2.79. The monoisotopic (exact) mass is 316 g/mol. The standard InChI is InChI=1S/C14H12Cl2F2N2/c15-11-7(3-1-5-9(11)17)13(19)14(20)8-4-2-6-10(18)12(8)16/h1-6,13-14H,19-20H2. The van der Waals surface area contributed by atoms with Crippen LogP contribution in [0.1, 0.15) is 23.2 Å². The maximum absolute atomic E-state index is 13.4. The lowest BCUT2D eigenvalue weighted by Crippen LogP contribution is -2.27. The van der Waals surface area contributed by atoms with Crippen LogP contribution in [0.2, 0.25) is 10.0 Å². The third-order valence-corrected chi connectivity index (χ3v) is 3.87. The number of hydrogen-bond acceptors (Lipinski definition) is 2. The highest BCUT2D eigenvalue weighted by Crippen LogP contribution is 2.34. The van der Waals surface area contributed by atoms with Crippen molar-refractivity contribution >= 4 is 23.2 Å². The van der Waals surface area contributed by atoms with E-state index in [2.05, 4.69) is 0 Å². The number of benzene rings is 2. The summed E-state index contributed by atoms with van der Waals surface area (Å²) >= 11 is 11.7. The molecule has 2 unspecified atom stereocenters. The van der Waals surface area contributed by atoms with Gasteiger partial charge in [0, 0.05) is 0 Å². The van der Waals surface area contributed by atoms with Gasteiger partial charge in [0.25, 0.3) is 0 Å². The van der Waals surface area contributed by atoms with Crippen LogP contribution in [-0.4, -0.2) is 0 Å². The van der Waals surface area contributed by atoms with Crippen LogP contribution in [0.4, 0.5) is 8.78 Å². The van der Waals surface area contributed by atoms with Gasteiger partial charge in [0.1, 0.15) is 11.6 Å². The topological polar surface area (TPSA) is 52.0 Å². The molecule has 20 heavy (non-hydrogen) atoms. The van der Waals surface area contributed by atoms with Gasteiger partial charge in [-0.3, -0.25) is 0 Å². The molecule has 2 aromatic rings. The molecule has 0 bridgehead atoms. The summed E-state index contributed by atoms with van der Waals surface area (Å²) in [5.41, 5.74) is 12.7. The van der Waals surface area contributed by atoms with E-state index in [4.69, 9.17) is 34.7 Å². The predicted octanol–water partition coefficient (Wildman–Crippen LogP) is 3.97. The Kier molecular flexibility index (Phi) is 4.60. The van der Waals surface area contributed by atoms with Crippen LogP contribution in [0.3, 0.4) is 0 Å². The third-order valence-electron chi connectivity index (χ3n) is 3.07. The van der Waals surface area contributed by atoms with Crippen molar-refractivity contribution in [3.05, 3.63) is 69.2 Å². The molecule has 106 valence electrons. The highest BCUT2D eigenvalue weighted by Gasteiger charge is 2.23. The molecule has 0 heterocycles. The largest absolute Gasteiger partial charge is 0.322 e. The van der Waals surface area contributed by atoms with Crippen molar-refractivity contribution < 1.29 is 8.78 Å². The molecule has 0 fully saturated rings. The van der Waals surface area contributed by atoms with Crippen molar-refractivity contribution in [2.45, 2.75) is 12.1 Å². The Bertz CT molecular complexity index is 579. The molecular formula is C14H12Cl2F2N2. The minimum atomic E-state index is -0.808. The summed E-state index contributed by atoms with van der Waals surface area (Å²) in [7, 11) is 0. The van der Waals surface area contributed by atoms with Crippen molar-refractivity contribution in [1.82, 2.24) is 0 Å². The molecule has 0 saturated heterocycles. The second kappa shape index (κ2) is 6.06. The average molecular weight is 317 g/mol. The molecule has 0 amide bonds. The lowest BCUT2D eigenvalue weighted by molar-refractivity contribution is 0.557. The van der Waals surface area contributed by atoms with Crippen LogP contribution in [0, 0.1) is 11.6 Å². The number of halogens is 4. The molecule has 0 radical (unpaired) electrons. The zero-order valence-corrected chi connectivity index (χ0v) is 11.8. The van der Waals surface area contributed by atoms with Crippen molar-refractivity contribution in [3.63, 3.8) is 0 Å². The fraction of sp³-hybridized carbons (Fsp3) is 0.143. The van der Waals surface area contributed by atoms with Gasteiger partial charge in [-0.15, -0.1) is 0 Å². The summed E-state index contributed by atoms with van der Waals surface area (Å²) in [6, 6.07) is 6.94. The van der Waals surface area contributed by atoms with E-state index in [0.29, 0.717) is 11.1 Å². The summed E-state index contributed by atoms with van der Waals surface area (Å²) < 4.78 is 26.9. The van der Waals surface area contributed by atoms with Gasteiger partial charge in [-0.05, 0) is 23.3 Å². The highest BCUT2D eigenvalue weighted by molar-refractivity contribution is 6.32. The second-order valence-electron chi connectivity index (χ2n) is 4.34. The number of rotatable bonds is 3. The Hall–Kier alpha value is -1.20. The number of hydrogen-bond donors (Lipinski definition) is 2. The fourth-order valence-corrected chi connectivity index (χ4v) is 2.45.